The number of hydrogen-bond donors (Lipinski definition) is 1. The molecule has 2 aromatic rings. The van der Waals surface area contributed by atoms with Crippen LogP contribution in [0.2, 0.25) is 0 Å². The number of aromatic nitrogens is 1. The second-order valence-corrected chi connectivity index (χ2v) is 8.07. The van der Waals surface area contributed by atoms with Crippen LogP contribution in [-0.2, 0) is 10.0 Å². The average molecular weight is 349 g/mol. The number of piperidine rings is 1. The van der Waals surface area contributed by atoms with E-state index in [1.807, 2.05) is 0 Å². The smallest absolute Gasteiger partial charge is 0.249 e. The van der Waals surface area contributed by atoms with E-state index in [-0.39, 0.29) is 21.4 Å². The highest BCUT2D eigenvalue weighted by Gasteiger charge is 2.28. The molecule has 0 bridgehead atoms. The normalized spacial score (nSPS) is 17.2. The molecule has 1 aliphatic heterocycles. The molecular formula is C16H17N2O5S-. The fourth-order valence-corrected chi connectivity index (χ4v) is 4.43. The summed E-state index contributed by atoms with van der Waals surface area (Å²) < 4.78 is 27.0. The minimum Gasteiger partial charge on any atom is -0.545 e. The lowest BCUT2D eigenvalue weighted by atomic mass is 10.0. The van der Waals surface area contributed by atoms with Crippen molar-refractivity contribution < 1.29 is 18.3 Å². The van der Waals surface area contributed by atoms with E-state index in [2.05, 4.69) is 11.9 Å². The van der Waals surface area contributed by atoms with Gasteiger partial charge < -0.3 is 14.9 Å². The molecule has 0 radical (unpaired) electrons. The van der Waals surface area contributed by atoms with Crippen LogP contribution >= 0.6 is 0 Å². The number of H-pyrrole nitrogens is 1. The topological polar surface area (TPSA) is 110 Å². The maximum absolute atomic E-state index is 12.8. The van der Waals surface area contributed by atoms with Gasteiger partial charge in [-0.3, -0.25) is 4.79 Å². The van der Waals surface area contributed by atoms with Crippen molar-refractivity contribution >= 4 is 26.9 Å². The standard InChI is InChI=1S/C16H18N2O5S/c1-10-4-6-18(7-5-10)24(22,23)11-2-3-14-12(8-11)13(16(20)21)9-15(19)17-14/h2-3,8-10H,4-7H2,1H3,(H,17,19)(H,20,21)/p-1. The average Bonchev–Trinajstić information content (AvgIpc) is 2.53. The molecule has 1 aliphatic rings. The molecular weight excluding hydrogens is 332 g/mol. The molecule has 1 aromatic heterocycles. The first-order valence-corrected chi connectivity index (χ1v) is 9.11. The third-order valence-corrected chi connectivity index (χ3v) is 6.31. The van der Waals surface area contributed by atoms with Crippen LogP contribution in [0.15, 0.2) is 34.0 Å². The van der Waals surface area contributed by atoms with Crippen LogP contribution in [-0.4, -0.2) is 36.8 Å². The van der Waals surface area contributed by atoms with Crippen LogP contribution in [0.1, 0.15) is 30.1 Å². The first-order valence-electron chi connectivity index (χ1n) is 7.67. The molecule has 1 fully saturated rings. The number of carbonyl (C=O) groups excluding carboxylic acids is 1. The van der Waals surface area contributed by atoms with E-state index >= 15 is 0 Å². The Bertz CT molecular complexity index is 956. The predicted octanol–water partition coefficient (Wildman–Crippen LogP) is 0.312. The Kier molecular flexibility index (Phi) is 4.18. The van der Waals surface area contributed by atoms with E-state index < -0.39 is 21.6 Å². The highest BCUT2D eigenvalue weighted by atomic mass is 32.2. The number of carbonyl (C=O) groups is 1. The zero-order chi connectivity index (χ0) is 17.5. The highest BCUT2D eigenvalue weighted by Crippen LogP contribution is 2.26. The largest absolute Gasteiger partial charge is 0.545 e. The summed E-state index contributed by atoms with van der Waals surface area (Å²) in [6.45, 7) is 2.98. The Hall–Kier alpha value is -2.19. The van der Waals surface area contributed by atoms with Gasteiger partial charge in [-0.15, -0.1) is 0 Å². The number of sulfonamides is 1. The number of benzene rings is 1. The summed E-state index contributed by atoms with van der Waals surface area (Å²) in [7, 11) is -3.70. The van der Waals surface area contributed by atoms with Crippen molar-refractivity contribution in [3.8, 4) is 0 Å². The van der Waals surface area contributed by atoms with Gasteiger partial charge in [-0.2, -0.15) is 4.31 Å². The minimum absolute atomic E-state index is 0.0131. The van der Waals surface area contributed by atoms with Crippen LogP contribution in [0.5, 0.6) is 0 Å². The molecule has 7 nitrogen and oxygen atoms in total. The van der Waals surface area contributed by atoms with Gasteiger partial charge in [-0.05, 0) is 37.0 Å². The monoisotopic (exact) mass is 349 g/mol. The van der Waals surface area contributed by atoms with Gasteiger partial charge in [-0.1, -0.05) is 6.92 Å². The lowest BCUT2D eigenvalue weighted by Crippen LogP contribution is -2.37. The summed E-state index contributed by atoms with van der Waals surface area (Å²) in [4.78, 5) is 25.2. The molecule has 1 aromatic carbocycles. The highest BCUT2D eigenvalue weighted by molar-refractivity contribution is 7.89. The second-order valence-electron chi connectivity index (χ2n) is 6.13. The van der Waals surface area contributed by atoms with E-state index in [1.54, 1.807) is 0 Å². The predicted molar refractivity (Wildman–Crippen MR) is 86.1 cm³/mol. The molecule has 0 saturated carbocycles. The molecule has 24 heavy (non-hydrogen) atoms. The molecule has 0 amide bonds. The molecule has 8 heteroatoms. The Balaban J connectivity index is 2.10. The zero-order valence-electron chi connectivity index (χ0n) is 13.1. The second kappa shape index (κ2) is 6.03. The van der Waals surface area contributed by atoms with Crippen LogP contribution < -0.4 is 10.7 Å². The first kappa shape index (κ1) is 16.7. The number of nitrogens with one attached hydrogen (secondary N) is 1. The van der Waals surface area contributed by atoms with Crippen molar-refractivity contribution in [2.75, 3.05) is 13.1 Å². The minimum atomic E-state index is -3.70. The molecule has 2 heterocycles. The SMILES string of the molecule is CC1CCN(S(=O)(=O)c2ccc3[nH]c(=O)cc(C(=O)[O-])c3c2)CC1. The van der Waals surface area contributed by atoms with Crippen LogP contribution in [0.3, 0.4) is 0 Å². The van der Waals surface area contributed by atoms with Gasteiger partial charge in [-0.25, -0.2) is 8.42 Å². The van der Waals surface area contributed by atoms with Crippen molar-refractivity contribution in [3.63, 3.8) is 0 Å². The maximum atomic E-state index is 12.8. The van der Waals surface area contributed by atoms with Crippen molar-refractivity contribution in [2.24, 2.45) is 5.92 Å². The number of aromatic amines is 1. The quantitative estimate of drug-likeness (QED) is 0.857. The van der Waals surface area contributed by atoms with Gasteiger partial charge in [0.1, 0.15) is 0 Å². The molecule has 0 unspecified atom stereocenters. The molecule has 0 aliphatic carbocycles. The van der Waals surface area contributed by atoms with Crippen molar-refractivity contribution in [1.29, 1.82) is 0 Å². The Labute approximate surface area is 139 Å². The van der Waals surface area contributed by atoms with Gasteiger partial charge in [0.05, 0.1) is 10.9 Å². The number of aromatic carboxylic acids is 1. The van der Waals surface area contributed by atoms with Gasteiger partial charge >= 0.3 is 0 Å². The molecule has 1 N–H and O–H groups in total. The Morgan fingerprint density at radius 1 is 1.25 bits per heavy atom. The number of hydrogen-bond acceptors (Lipinski definition) is 5. The number of fused-ring (bicyclic) bond motifs is 1. The first-order chi connectivity index (χ1) is 11.3. The van der Waals surface area contributed by atoms with E-state index in [4.69, 9.17) is 0 Å². The molecule has 128 valence electrons. The third kappa shape index (κ3) is 2.94. The lowest BCUT2D eigenvalue weighted by Gasteiger charge is -2.29. The van der Waals surface area contributed by atoms with E-state index in [9.17, 15) is 23.1 Å². The van der Waals surface area contributed by atoms with Crippen molar-refractivity contribution in [2.45, 2.75) is 24.7 Å². The number of rotatable bonds is 3. The van der Waals surface area contributed by atoms with Gasteiger partial charge in [0.15, 0.2) is 0 Å². The zero-order valence-corrected chi connectivity index (χ0v) is 13.9. The lowest BCUT2D eigenvalue weighted by molar-refractivity contribution is -0.254. The maximum Gasteiger partial charge on any atom is 0.249 e. The summed E-state index contributed by atoms with van der Waals surface area (Å²) in [5, 5.41) is 11.4. The summed E-state index contributed by atoms with van der Waals surface area (Å²) >= 11 is 0. The number of carboxylic acid groups (broad SMARTS) is 1. The Morgan fingerprint density at radius 2 is 1.92 bits per heavy atom. The van der Waals surface area contributed by atoms with Crippen LogP contribution in [0, 0.1) is 5.92 Å². The van der Waals surface area contributed by atoms with Gasteiger partial charge in [0, 0.05) is 35.6 Å². The number of nitrogens with zero attached hydrogens (tertiary/aromatic N) is 1. The van der Waals surface area contributed by atoms with Crippen molar-refractivity contribution in [1.82, 2.24) is 9.29 Å². The number of pyridine rings is 1. The number of carboxylic acids is 1. The summed E-state index contributed by atoms with van der Waals surface area (Å²) in [6, 6.07) is 4.97. The van der Waals surface area contributed by atoms with E-state index in [1.165, 1.54) is 22.5 Å². The van der Waals surface area contributed by atoms with Gasteiger partial charge in [0.2, 0.25) is 15.6 Å². The molecule has 1 saturated heterocycles. The van der Waals surface area contributed by atoms with E-state index in [0.29, 0.717) is 19.0 Å². The summed E-state index contributed by atoms with van der Waals surface area (Å²) in [6.07, 6.45) is 1.59. The summed E-state index contributed by atoms with van der Waals surface area (Å²) in [5.41, 5.74) is -0.645. The van der Waals surface area contributed by atoms with Crippen LogP contribution in [0.4, 0.5) is 0 Å². The molecule has 0 spiro atoms. The van der Waals surface area contributed by atoms with Crippen LogP contribution in [0.25, 0.3) is 10.9 Å². The summed E-state index contributed by atoms with van der Waals surface area (Å²) in [5.74, 6) is -1.03. The van der Waals surface area contributed by atoms with Crippen molar-refractivity contribution in [3.05, 3.63) is 40.2 Å². The van der Waals surface area contributed by atoms with E-state index in [0.717, 1.165) is 18.9 Å². The Morgan fingerprint density at radius 3 is 2.54 bits per heavy atom. The fourth-order valence-electron chi connectivity index (χ4n) is 2.94. The third-order valence-electron chi connectivity index (χ3n) is 4.41. The van der Waals surface area contributed by atoms with Gasteiger partial charge in [0.25, 0.3) is 0 Å². The molecule has 0 atom stereocenters. The fraction of sp³-hybridized carbons (Fsp3) is 0.375. The molecule has 3 rings (SSSR count).